The van der Waals surface area contributed by atoms with Crippen LogP contribution in [0.1, 0.15) is 19.3 Å². The van der Waals surface area contributed by atoms with Crippen LogP contribution in [0.3, 0.4) is 0 Å². The molecule has 1 aromatic carbocycles. The molecule has 1 aromatic heterocycles. The molecule has 3 N–H and O–H groups in total. The molecule has 0 amide bonds. The molecule has 1 aliphatic rings. The second kappa shape index (κ2) is 6.30. The number of aromatic nitrogens is 2. The van der Waals surface area contributed by atoms with Gasteiger partial charge in [-0.3, -0.25) is 0 Å². The Kier molecular flexibility index (Phi) is 4.24. The summed E-state index contributed by atoms with van der Waals surface area (Å²) in [4.78, 5) is 10.6. The zero-order chi connectivity index (χ0) is 14.7. The van der Waals surface area contributed by atoms with Crippen LogP contribution in [0.5, 0.6) is 0 Å². The fraction of sp³-hybridized carbons (Fsp3) is 0.333. The minimum Gasteiger partial charge on any atom is -0.383 e. The zero-order valence-corrected chi connectivity index (χ0v) is 13.3. The van der Waals surface area contributed by atoms with E-state index in [0.717, 1.165) is 18.8 Å². The van der Waals surface area contributed by atoms with E-state index in [0.29, 0.717) is 16.1 Å². The summed E-state index contributed by atoms with van der Waals surface area (Å²) in [5.74, 6) is 1.10. The average molecular weight is 348 g/mol. The van der Waals surface area contributed by atoms with E-state index in [1.807, 2.05) is 0 Å². The third-order valence-corrected chi connectivity index (χ3v) is 4.45. The van der Waals surface area contributed by atoms with Gasteiger partial charge in [-0.25, -0.2) is 9.97 Å². The number of halogens is 1. The summed E-state index contributed by atoms with van der Waals surface area (Å²) in [5, 5.41) is 3.25. The van der Waals surface area contributed by atoms with E-state index in [1.165, 1.54) is 31.3 Å². The van der Waals surface area contributed by atoms with Gasteiger partial charge in [-0.1, -0.05) is 0 Å². The number of hydrogen-bond acceptors (Lipinski definition) is 5. The Balaban J connectivity index is 1.73. The van der Waals surface area contributed by atoms with E-state index >= 15 is 0 Å². The summed E-state index contributed by atoms with van der Waals surface area (Å²) in [6.07, 6.45) is 5.37. The van der Waals surface area contributed by atoms with Gasteiger partial charge in [-0.2, -0.15) is 0 Å². The van der Waals surface area contributed by atoms with Crippen molar-refractivity contribution in [1.82, 2.24) is 9.97 Å². The monoisotopic (exact) mass is 347 g/mol. The van der Waals surface area contributed by atoms with Gasteiger partial charge in [-0.15, -0.1) is 0 Å². The van der Waals surface area contributed by atoms with Crippen molar-refractivity contribution in [2.75, 3.05) is 29.0 Å². The van der Waals surface area contributed by atoms with Gasteiger partial charge in [0.2, 0.25) is 0 Å². The van der Waals surface area contributed by atoms with Crippen molar-refractivity contribution in [3.63, 3.8) is 0 Å². The Morgan fingerprint density at radius 3 is 2.48 bits per heavy atom. The van der Waals surface area contributed by atoms with Crippen LogP contribution < -0.4 is 16.0 Å². The number of anilines is 4. The number of nitrogens with one attached hydrogen (secondary N) is 1. The molecule has 2 heterocycles. The number of piperidine rings is 1. The van der Waals surface area contributed by atoms with Crippen LogP contribution in [0.25, 0.3) is 0 Å². The molecule has 21 heavy (non-hydrogen) atoms. The molecule has 0 unspecified atom stereocenters. The lowest BCUT2D eigenvalue weighted by Gasteiger charge is -2.28. The van der Waals surface area contributed by atoms with Crippen LogP contribution >= 0.6 is 15.9 Å². The molecule has 5 nitrogen and oxygen atoms in total. The topological polar surface area (TPSA) is 67.1 Å². The summed E-state index contributed by atoms with van der Waals surface area (Å²) in [6, 6.07) is 8.42. The Labute approximate surface area is 132 Å². The lowest BCUT2D eigenvalue weighted by molar-refractivity contribution is 0.578. The first-order chi connectivity index (χ1) is 10.2. The van der Waals surface area contributed by atoms with Crippen LogP contribution in [0.2, 0.25) is 0 Å². The lowest BCUT2D eigenvalue weighted by atomic mass is 10.1. The second-order valence-corrected chi connectivity index (χ2v) is 5.93. The number of nitrogens with zero attached hydrogens (tertiary/aromatic N) is 3. The van der Waals surface area contributed by atoms with Crippen molar-refractivity contribution >= 4 is 38.9 Å². The largest absolute Gasteiger partial charge is 0.383 e. The molecule has 0 saturated carbocycles. The Bertz CT molecular complexity index is 608. The fourth-order valence-electron chi connectivity index (χ4n) is 2.52. The molecule has 0 spiro atoms. The smallest absolute Gasteiger partial charge is 0.150 e. The van der Waals surface area contributed by atoms with Crippen LogP contribution in [0, 0.1) is 0 Å². The van der Waals surface area contributed by atoms with Crippen molar-refractivity contribution in [3.8, 4) is 0 Å². The quantitative estimate of drug-likeness (QED) is 0.888. The highest BCUT2D eigenvalue weighted by molar-refractivity contribution is 9.10. The maximum Gasteiger partial charge on any atom is 0.150 e. The molecule has 110 valence electrons. The van der Waals surface area contributed by atoms with Gasteiger partial charge < -0.3 is 16.0 Å². The third-order valence-electron chi connectivity index (χ3n) is 3.67. The van der Waals surface area contributed by atoms with E-state index in [1.54, 1.807) is 0 Å². The molecule has 6 heteroatoms. The number of benzene rings is 1. The van der Waals surface area contributed by atoms with Gasteiger partial charge in [0.05, 0.1) is 0 Å². The van der Waals surface area contributed by atoms with E-state index in [-0.39, 0.29) is 0 Å². The standard InChI is InChI=1S/C15H18BrN5/c16-13-14(17)18-10-19-15(13)20-11-4-6-12(7-5-11)21-8-2-1-3-9-21/h4-7,10H,1-3,8-9H2,(H3,17,18,19,20). The molecule has 0 aliphatic carbocycles. The number of nitrogens with two attached hydrogens (primary N) is 1. The Morgan fingerprint density at radius 2 is 1.76 bits per heavy atom. The summed E-state index contributed by atoms with van der Waals surface area (Å²) in [7, 11) is 0. The minimum absolute atomic E-state index is 0.428. The number of hydrogen-bond donors (Lipinski definition) is 2. The first-order valence-electron chi connectivity index (χ1n) is 7.12. The molecule has 0 radical (unpaired) electrons. The van der Waals surface area contributed by atoms with Crippen molar-refractivity contribution < 1.29 is 0 Å². The first-order valence-corrected chi connectivity index (χ1v) is 7.91. The van der Waals surface area contributed by atoms with Gasteiger partial charge in [0.25, 0.3) is 0 Å². The maximum atomic E-state index is 5.75. The molecule has 1 saturated heterocycles. The fourth-order valence-corrected chi connectivity index (χ4v) is 2.82. The van der Waals surface area contributed by atoms with Gasteiger partial charge >= 0.3 is 0 Å². The average Bonchev–Trinajstić information content (AvgIpc) is 2.53. The van der Waals surface area contributed by atoms with Crippen LogP contribution in [-0.4, -0.2) is 23.1 Å². The lowest BCUT2D eigenvalue weighted by Crippen LogP contribution is -2.29. The van der Waals surface area contributed by atoms with E-state index in [2.05, 4.69) is 60.4 Å². The van der Waals surface area contributed by atoms with Crippen molar-refractivity contribution in [1.29, 1.82) is 0 Å². The molecule has 3 rings (SSSR count). The van der Waals surface area contributed by atoms with Crippen LogP contribution in [0.4, 0.5) is 23.0 Å². The van der Waals surface area contributed by atoms with Gasteiger partial charge in [0, 0.05) is 24.5 Å². The third kappa shape index (κ3) is 3.26. The Hall–Kier alpha value is -1.82. The summed E-state index contributed by atoms with van der Waals surface area (Å²) in [5.41, 5.74) is 8.01. The van der Waals surface area contributed by atoms with Gasteiger partial charge in [0.1, 0.15) is 22.4 Å². The summed E-state index contributed by atoms with van der Waals surface area (Å²) < 4.78 is 0.685. The first kappa shape index (κ1) is 14.1. The summed E-state index contributed by atoms with van der Waals surface area (Å²) in [6.45, 7) is 2.31. The highest BCUT2D eigenvalue weighted by atomic mass is 79.9. The van der Waals surface area contributed by atoms with Crippen molar-refractivity contribution in [3.05, 3.63) is 35.1 Å². The minimum atomic E-state index is 0.428. The molecule has 1 aliphatic heterocycles. The number of rotatable bonds is 3. The maximum absolute atomic E-state index is 5.75. The van der Waals surface area contributed by atoms with Crippen LogP contribution in [0.15, 0.2) is 35.1 Å². The van der Waals surface area contributed by atoms with Gasteiger partial charge in [0.15, 0.2) is 0 Å². The highest BCUT2D eigenvalue weighted by Gasteiger charge is 2.11. The highest BCUT2D eigenvalue weighted by Crippen LogP contribution is 2.28. The zero-order valence-electron chi connectivity index (χ0n) is 11.7. The molecular formula is C15H18BrN5. The SMILES string of the molecule is Nc1ncnc(Nc2ccc(N3CCCCC3)cc2)c1Br. The predicted octanol–water partition coefficient (Wildman–Crippen LogP) is 3.56. The Morgan fingerprint density at radius 1 is 1.05 bits per heavy atom. The van der Waals surface area contributed by atoms with E-state index in [4.69, 9.17) is 5.73 Å². The molecule has 1 fully saturated rings. The predicted molar refractivity (Wildman–Crippen MR) is 89.9 cm³/mol. The number of nitrogen functional groups attached to an aromatic ring is 1. The van der Waals surface area contributed by atoms with Gasteiger partial charge in [-0.05, 0) is 59.5 Å². The van der Waals surface area contributed by atoms with Crippen LogP contribution in [-0.2, 0) is 0 Å². The molecule has 0 atom stereocenters. The summed E-state index contributed by atoms with van der Waals surface area (Å²) >= 11 is 3.39. The molecule has 2 aromatic rings. The van der Waals surface area contributed by atoms with Crippen molar-refractivity contribution in [2.24, 2.45) is 0 Å². The van der Waals surface area contributed by atoms with E-state index in [9.17, 15) is 0 Å². The molecular weight excluding hydrogens is 330 g/mol. The molecule has 0 bridgehead atoms. The van der Waals surface area contributed by atoms with Crippen molar-refractivity contribution in [2.45, 2.75) is 19.3 Å². The normalized spacial score (nSPS) is 15.0. The van der Waals surface area contributed by atoms with E-state index < -0.39 is 0 Å². The second-order valence-electron chi connectivity index (χ2n) is 5.14.